The average Bonchev–Trinajstić information content (AvgIpc) is 2.10. The molecule has 0 N–H and O–H groups in total. The van der Waals surface area contributed by atoms with Gasteiger partial charge in [0, 0.05) is 0 Å². The van der Waals surface area contributed by atoms with Crippen LogP contribution in [0.1, 0.15) is 11.5 Å². The van der Waals surface area contributed by atoms with Crippen LogP contribution in [0.2, 0.25) is 0 Å². The van der Waals surface area contributed by atoms with Crippen LogP contribution < -0.4 is 58.2 Å². The predicted octanol–water partition coefficient (Wildman–Crippen LogP) is -1.60. The third-order valence-corrected chi connectivity index (χ3v) is 1.14. The first-order chi connectivity index (χ1) is 4.24. The Morgan fingerprint density at radius 3 is 2.40 bits per heavy atom. The molecule has 10 heavy (non-hydrogen) atoms. The maximum atomic E-state index is 4.12. The van der Waals surface area contributed by atoms with Gasteiger partial charge in [0.1, 0.15) is 0 Å². The molecular formula is C7H9N2Rb. The number of hydrogen-bond acceptors (Lipinski definition) is 1. The molecule has 1 heterocycles. The van der Waals surface area contributed by atoms with Gasteiger partial charge in [-0.05, 0) is 18.4 Å². The van der Waals surface area contributed by atoms with Crippen molar-refractivity contribution in [1.82, 2.24) is 9.55 Å². The molecule has 0 radical (unpaired) electrons. The molecule has 1 aromatic rings. The minimum absolute atomic E-state index is 0. The van der Waals surface area contributed by atoms with E-state index in [9.17, 15) is 0 Å². The van der Waals surface area contributed by atoms with Crippen LogP contribution in [0.4, 0.5) is 0 Å². The zero-order valence-electron chi connectivity index (χ0n) is 6.68. The van der Waals surface area contributed by atoms with Crippen LogP contribution >= 0.6 is 0 Å². The van der Waals surface area contributed by atoms with Gasteiger partial charge in [0.2, 0.25) is 0 Å². The first-order valence-corrected chi connectivity index (χ1v) is 2.81. The van der Waals surface area contributed by atoms with E-state index in [0.29, 0.717) is 0 Å². The monoisotopic (exact) mass is 206 g/mol. The number of imidazole rings is 1. The van der Waals surface area contributed by atoms with Crippen molar-refractivity contribution >= 4 is 6.20 Å². The Balaban J connectivity index is 0.000000810. The topological polar surface area (TPSA) is 17.8 Å². The van der Waals surface area contributed by atoms with Crippen LogP contribution in [-0.2, 0) is 0 Å². The number of aryl methyl sites for hydroxylation is 2. The molecule has 0 atom stereocenters. The Hall–Kier alpha value is 0.755. The summed E-state index contributed by atoms with van der Waals surface area (Å²) in [5.74, 6) is 0.933. The summed E-state index contributed by atoms with van der Waals surface area (Å²) in [6.45, 7) is 7.43. The summed E-state index contributed by atoms with van der Waals surface area (Å²) in [4.78, 5) is 4.12. The molecule has 0 unspecified atom stereocenters. The third kappa shape index (κ3) is 2.42. The van der Waals surface area contributed by atoms with Crippen LogP contribution in [0.5, 0.6) is 0 Å². The van der Waals surface area contributed by atoms with E-state index in [1.807, 2.05) is 13.8 Å². The molecule has 3 heteroatoms. The van der Waals surface area contributed by atoms with Crippen LogP contribution in [0.15, 0.2) is 6.58 Å². The molecule has 1 rings (SSSR count). The van der Waals surface area contributed by atoms with E-state index in [4.69, 9.17) is 0 Å². The second-order valence-corrected chi connectivity index (χ2v) is 1.91. The normalized spacial score (nSPS) is 8.60. The van der Waals surface area contributed by atoms with Gasteiger partial charge in [-0.25, -0.2) is 0 Å². The molecule has 1 aromatic heterocycles. The summed E-state index contributed by atoms with van der Waals surface area (Å²) >= 11 is 0. The van der Waals surface area contributed by atoms with Crippen molar-refractivity contribution in [3.05, 3.63) is 24.3 Å². The first-order valence-electron chi connectivity index (χ1n) is 2.81. The van der Waals surface area contributed by atoms with Crippen molar-refractivity contribution in [2.45, 2.75) is 13.8 Å². The van der Waals surface area contributed by atoms with Gasteiger partial charge < -0.3 is 9.55 Å². The summed E-state index contributed by atoms with van der Waals surface area (Å²) < 4.78 is 1.77. The van der Waals surface area contributed by atoms with E-state index in [0.717, 1.165) is 11.5 Å². The summed E-state index contributed by atoms with van der Waals surface area (Å²) in [5.41, 5.74) is 0.910. The number of rotatable bonds is 1. The number of nitrogens with zero attached hydrogens (tertiary/aromatic N) is 2. The van der Waals surface area contributed by atoms with Gasteiger partial charge in [-0.3, -0.25) is 0 Å². The molecular weight excluding hydrogens is 198 g/mol. The van der Waals surface area contributed by atoms with Crippen LogP contribution in [0.25, 0.3) is 6.20 Å². The van der Waals surface area contributed by atoms with E-state index in [-0.39, 0.29) is 58.2 Å². The Morgan fingerprint density at radius 2 is 2.20 bits per heavy atom. The van der Waals surface area contributed by atoms with E-state index in [2.05, 4.69) is 17.8 Å². The molecule has 0 saturated carbocycles. The quantitative estimate of drug-likeness (QED) is 0.507. The summed E-state index contributed by atoms with van der Waals surface area (Å²) in [5, 5.41) is 0. The van der Waals surface area contributed by atoms with Crippen LogP contribution in [-0.4, -0.2) is 9.55 Å². The average molecular weight is 207 g/mol. The summed E-state index contributed by atoms with van der Waals surface area (Å²) in [6.07, 6.45) is 4.67. The van der Waals surface area contributed by atoms with E-state index in [1.165, 1.54) is 0 Å². The van der Waals surface area contributed by atoms with E-state index >= 15 is 0 Å². The molecule has 48 valence electrons. The summed E-state index contributed by atoms with van der Waals surface area (Å²) in [6, 6.07) is 0. The van der Waals surface area contributed by atoms with E-state index in [1.54, 1.807) is 10.8 Å². The smallest absolute Gasteiger partial charge is 0.472 e. The molecule has 0 bridgehead atoms. The number of hydrogen-bond donors (Lipinski definition) is 0. The minimum atomic E-state index is 0. The van der Waals surface area contributed by atoms with Crippen molar-refractivity contribution < 1.29 is 58.2 Å². The van der Waals surface area contributed by atoms with E-state index < -0.39 is 0 Å². The van der Waals surface area contributed by atoms with Gasteiger partial charge in [-0.2, -0.15) is 0 Å². The van der Waals surface area contributed by atoms with Gasteiger partial charge in [0.25, 0.3) is 0 Å². The predicted molar refractivity (Wildman–Crippen MR) is 36.9 cm³/mol. The van der Waals surface area contributed by atoms with Crippen molar-refractivity contribution in [3.8, 4) is 0 Å². The standard InChI is InChI=1S/C7H9N2.Rb/c1-4-9-5-6(2)8-7(9)3;/h4H,1H2,2-3H3;/q-1;+1. The Bertz CT molecular complexity index is 228. The van der Waals surface area contributed by atoms with Gasteiger partial charge in [-0.15, -0.1) is 12.8 Å². The molecule has 0 aromatic carbocycles. The van der Waals surface area contributed by atoms with Gasteiger partial charge in [0.15, 0.2) is 0 Å². The van der Waals surface area contributed by atoms with Gasteiger partial charge in [0.05, 0.1) is 0 Å². The molecule has 0 aliphatic rings. The fourth-order valence-corrected chi connectivity index (χ4v) is 0.755. The first kappa shape index (κ1) is 10.8. The second-order valence-electron chi connectivity index (χ2n) is 1.91. The zero-order valence-corrected chi connectivity index (χ0v) is 11.6. The maximum Gasteiger partial charge on any atom is 1.00 e. The van der Waals surface area contributed by atoms with Crippen molar-refractivity contribution in [2.75, 3.05) is 0 Å². The Kier molecular flexibility index (Phi) is 4.94. The van der Waals surface area contributed by atoms with Gasteiger partial charge >= 0.3 is 58.2 Å². The Labute approximate surface area is 110 Å². The minimum Gasteiger partial charge on any atom is -0.472 e. The zero-order chi connectivity index (χ0) is 6.85. The fourth-order valence-electron chi connectivity index (χ4n) is 0.755. The van der Waals surface area contributed by atoms with Crippen LogP contribution in [0, 0.1) is 20.0 Å². The largest absolute Gasteiger partial charge is 1.00 e. The second kappa shape index (κ2) is 4.60. The molecule has 0 aliphatic heterocycles. The molecule has 0 fully saturated rings. The molecule has 0 spiro atoms. The number of aromatic nitrogens is 2. The van der Waals surface area contributed by atoms with Crippen molar-refractivity contribution in [3.63, 3.8) is 0 Å². The van der Waals surface area contributed by atoms with Gasteiger partial charge in [-0.1, -0.05) is 13.1 Å². The van der Waals surface area contributed by atoms with Crippen LogP contribution in [0.3, 0.4) is 0 Å². The fraction of sp³-hybridized carbons (Fsp3) is 0.286. The maximum absolute atomic E-state index is 4.12. The molecule has 2 nitrogen and oxygen atoms in total. The molecule has 0 saturated heterocycles. The Morgan fingerprint density at radius 1 is 1.60 bits per heavy atom. The van der Waals surface area contributed by atoms with Crippen molar-refractivity contribution in [1.29, 1.82) is 0 Å². The molecule has 0 amide bonds. The van der Waals surface area contributed by atoms with Crippen molar-refractivity contribution in [2.24, 2.45) is 0 Å². The molecule has 0 aliphatic carbocycles. The summed E-state index contributed by atoms with van der Waals surface area (Å²) in [7, 11) is 0. The third-order valence-electron chi connectivity index (χ3n) is 1.14. The SMILES string of the molecule is C=Cn1[c-]c(C)nc1C.[Rb+].